The van der Waals surface area contributed by atoms with E-state index in [1.807, 2.05) is 0 Å². The minimum atomic E-state index is -0.940. The lowest BCUT2D eigenvalue weighted by molar-refractivity contribution is -0.114. The van der Waals surface area contributed by atoms with Crippen molar-refractivity contribution in [3.8, 4) is 0 Å². The third-order valence-electron chi connectivity index (χ3n) is 2.62. The summed E-state index contributed by atoms with van der Waals surface area (Å²) < 4.78 is 74.7. The molecule has 2 aromatic rings. The van der Waals surface area contributed by atoms with Crippen LogP contribution in [0.15, 0.2) is 24.3 Å². The van der Waals surface area contributed by atoms with E-state index in [0.29, 0.717) is 24.3 Å². The summed E-state index contributed by atoms with van der Waals surface area (Å²) in [6, 6.07) is 2.41. The largest absolute Gasteiger partial charge is 0.326 e. The molecule has 2 aromatic carbocycles. The molecule has 0 saturated carbocycles. The van der Waals surface area contributed by atoms with Crippen molar-refractivity contribution in [3.05, 3.63) is 70.3 Å². The molecule has 0 saturated heterocycles. The topological polar surface area (TPSA) is 69.1 Å². The van der Waals surface area contributed by atoms with Crippen molar-refractivity contribution in [3.63, 3.8) is 0 Å². The normalized spacial score (nSPS) is 9.26. The summed E-state index contributed by atoms with van der Waals surface area (Å²) in [6.07, 6.45) is 0. The van der Waals surface area contributed by atoms with Gasteiger partial charge in [0.15, 0.2) is 0 Å². The molecule has 0 aliphatic heterocycles. The zero-order valence-corrected chi connectivity index (χ0v) is 15.3. The number of hydrogen-bond acceptors (Lipinski definition) is 3. The number of hydrogen-bond donors (Lipinski definition) is 2. The number of benzene rings is 2. The van der Waals surface area contributed by atoms with Crippen LogP contribution in [-0.4, -0.2) is 5.78 Å². The Morgan fingerprint density at radius 2 is 0.889 bits per heavy atom. The fourth-order valence-corrected chi connectivity index (χ4v) is 1.53. The second kappa shape index (κ2) is 13.1. The minimum absolute atomic E-state index is 0. The predicted octanol–water partition coefficient (Wildman–Crippen LogP) is 4.14. The van der Waals surface area contributed by atoms with Gasteiger partial charge in [0.05, 0.1) is 0 Å². The number of ketones is 1. The van der Waals surface area contributed by atoms with Gasteiger partial charge in [0.1, 0.15) is 40.7 Å². The third-order valence-corrected chi connectivity index (χ3v) is 2.62. The minimum Gasteiger partial charge on any atom is -0.326 e. The van der Waals surface area contributed by atoms with Crippen LogP contribution in [0.5, 0.6) is 0 Å². The van der Waals surface area contributed by atoms with Crippen molar-refractivity contribution in [2.45, 2.75) is 26.9 Å². The van der Waals surface area contributed by atoms with Gasteiger partial charge in [-0.05, 0) is 13.8 Å². The third kappa shape index (κ3) is 9.97. The van der Waals surface area contributed by atoms with Crippen molar-refractivity contribution in [2.24, 2.45) is 11.5 Å². The predicted molar refractivity (Wildman–Crippen MR) is 92.0 cm³/mol. The molecular weight excluding hydrogens is 398 g/mol. The molecule has 3 nitrogen and oxygen atoms in total. The van der Waals surface area contributed by atoms with Crippen LogP contribution in [0.3, 0.4) is 0 Å². The monoisotopic (exact) mass is 416 g/mol. The highest BCUT2D eigenvalue weighted by Crippen LogP contribution is 2.14. The van der Waals surface area contributed by atoms with E-state index in [-0.39, 0.29) is 42.4 Å². The fraction of sp³-hybridized carbons (Fsp3) is 0.235. The molecule has 0 amide bonds. The second-order valence-electron chi connectivity index (χ2n) is 5.01. The number of halogens is 7. The standard InChI is InChI=1S/2C7H6F3N.C3H6O.ClH/c2*8-4-1-6(9)5(3-11)7(10)2-4;1-3(2)4;/h2*1-2H,3,11H2;1-2H3;1H. The fourth-order valence-electron chi connectivity index (χ4n) is 1.53. The first-order valence-corrected chi connectivity index (χ1v) is 7.17. The first-order chi connectivity index (χ1) is 12.0. The molecule has 0 aromatic heterocycles. The molecule has 0 fully saturated rings. The Labute approximate surface area is 158 Å². The summed E-state index contributed by atoms with van der Waals surface area (Å²) >= 11 is 0. The molecule has 0 aliphatic rings. The molecule has 0 spiro atoms. The van der Waals surface area contributed by atoms with Crippen molar-refractivity contribution in [2.75, 3.05) is 0 Å². The SMILES string of the molecule is CC(C)=O.Cl.NCc1c(F)cc(F)cc1F.NCc1c(F)cc(F)cc1F. The summed E-state index contributed by atoms with van der Waals surface area (Å²) in [5.41, 5.74) is 9.43. The summed E-state index contributed by atoms with van der Waals surface area (Å²) in [4.78, 5) is 9.44. The Bertz CT molecular complexity index is 651. The van der Waals surface area contributed by atoms with E-state index in [2.05, 4.69) is 0 Å². The van der Waals surface area contributed by atoms with Gasteiger partial charge in [-0.15, -0.1) is 12.4 Å². The highest BCUT2D eigenvalue weighted by atomic mass is 35.5. The molecule has 4 N–H and O–H groups in total. The Kier molecular flexibility index (Phi) is 13.2. The molecule has 0 bridgehead atoms. The molecule has 0 atom stereocenters. The molecule has 0 heterocycles. The second-order valence-corrected chi connectivity index (χ2v) is 5.01. The maximum Gasteiger partial charge on any atom is 0.133 e. The van der Waals surface area contributed by atoms with Gasteiger partial charge in [-0.2, -0.15) is 0 Å². The highest BCUT2D eigenvalue weighted by molar-refractivity contribution is 5.85. The van der Waals surface area contributed by atoms with E-state index in [1.54, 1.807) is 0 Å². The summed E-state index contributed by atoms with van der Waals surface area (Å²) in [6.45, 7) is 2.52. The van der Waals surface area contributed by atoms with Crippen LogP contribution in [0.25, 0.3) is 0 Å². The number of carbonyl (C=O) groups is 1. The van der Waals surface area contributed by atoms with Gasteiger partial charge >= 0.3 is 0 Å². The molecule has 0 radical (unpaired) electrons. The van der Waals surface area contributed by atoms with E-state index in [0.717, 1.165) is 0 Å². The van der Waals surface area contributed by atoms with Crippen LogP contribution in [0, 0.1) is 34.9 Å². The van der Waals surface area contributed by atoms with Crippen LogP contribution in [-0.2, 0) is 17.9 Å². The first-order valence-electron chi connectivity index (χ1n) is 7.17. The lowest BCUT2D eigenvalue weighted by atomic mass is 10.2. The Morgan fingerprint density at radius 3 is 1.04 bits per heavy atom. The smallest absolute Gasteiger partial charge is 0.133 e. The van der Waals surface area contributed by atoms with Gasteiger partial charge in [-0.1, -0.05) is 0 Å². The lowest BCUT2D eigenvalue weighted by Crippen LogP contribution is -2.03. The van der Waals surface area contributed by atoms with E-state index < -0.39 is 34.9 Å². The maximum atomic E-state index is 12.6. The van der Waals surface area contributed by atoms with E-state index in [4.69, 9.17) is 11.5 Å². The van der Waals surface area contributed by atoms with E-state index >= 15 is 0 Å². The summed E-state index contributed by atoms with van der Waals surface area (Å²) in [5, 5.41) is 0. The zero-order chi connectivity index (χ0) is 20.4. The zero-order valence-electron chi connectivity index (χ0n) is 14.5. The molecule has 2 rings (SSSR count). The molecule has 152 valence electrons. The van der Waals surface area contributed by atoms with Crippen molar-refractivity contribution in [1.29, 1.82) is 0 Å². The van der Waals surface area contributed by atoms with Crippen LogP contribution in [0.2, 0.25) is 0 Å². The van der Waals surface area contributed by atoms with E-state index in [1.165, 1.54) is 13.8 Å². The van der Waals surface area contributed by atoms with Gasteiger partial charge in [0.2, 0.25) is 0 Å². The van der Waals surface area contributed by atoms with Crippen LogP contribution in [0.1, 0.15) is 25.0 Å². The molecular formula is C17H19ClF6N2O. The van der Waals surface area contributed by atoms with Gasteiger partial charge in [0, 0.05) is 48.5 Å². The molecule has 10 heteroatoms. The van der Waals surface area contributed by atoms with Crippen molar-refractivity contribution < 1.29 is 31.1 Å². The van der Waals surface area contributed by atoms with Gasteiger partial charge in [0.25, 0.3) is 0 Å². The number of nitrogens with two attached hydrogens (primary N) is 2. The quantitative estimate of drug-likeness (QED) is 0.723. The van der Waals surface area contributed by atoms with Gasteiger partial charge < -0.3 is 16.3 Å². The average Bonchev–Trinajstić information content (AvgIpc) is 2.46. The molecule has 27 heavy (non-hydrogen) atoms. The van der Waals surface area contributed by atoms with Gasteiger partial charge in [-0.25, -0.2) is 26.3 Å². The van der Waals surface area contributed by atoms with Crippen LogP contribution < -0.4 is 11.5 Å². The highest BCUT2D eigenvalue weighted by Gasteiger charge is 2.09. The number of rotatable bonds is 2. The van der Waals surface area contributed by atoms with Crippen LogP contribution >= 0.6 is 12.4 Å². The van der Waals surface area contributed by atoms with Crippen LogP contribution in [0.4, 0.5) is 26.3 Å². The first kappa shape index (κ1) is 27.1. The van der Waals surface area contributed by atoms with E-state index in [9.17, 15) is 31.1 Å². The molecule has 0 unspecified atom stereocenters. The van der Waals surface area contributed by atoms with Crippen molar-refractivity contribution in [1.82, 2.24) is 0 Å². The Hall–Kier alpha value is -2.10. The average molecular weight is 417 g/mol. The van der Waals surface area contributed by atoms with Gasteiger partial charge in [-0.3, -0.25) is 0 Å². The Morgan fingerprint density at radius 1 is 0.704 bits per heavy atom. The van der Waals surface area contributed by atoms with Crippen molar-refractivity contribution >= 4 is 18.2 Å². The summed E-state index contributed by atoms with van der Waals surface area (Å²) in [5.74, 6) is -5.46. The lowest BCUT2D eigenvalue weighted by Gasteiger charge is -2.00. The Balaban J connectivity index is 0. The maximum absolute atomic E-state index is 12.6. The molecule has 0 aliphatic carbocycles. The number of Topliss-reactive ketones (excluding diaryl/α,β-unsaturated/α-hetero) is 1. The number of carbonyl (C=O) groups excluding carboxylic acids is 1. The summed E-state index contributed by atoms with van der Waals surface area (Å²) in [7, 11) is 0.